The van der Waals surface area contributed by atoms with Crippen molar-refractivity contribution < 1.29 is 14.3 Å². The molecule has 1 amide bonds. The lowest BCUT2D eigenvalue weighted by atomic mass is 10.0. The number of methoxy groups -OCH3 is 2. The summed E-state index contributed by atoms with van der Waals surface area (Å²) in [6, 6.07) is 23.1. The minimum atomic E-state index is -0.319. The number of pyridine rings is 1. The molecule has 172 valence electrons. The summed E-state index contributed by atoms with van der Waals surface area (Å²) in [5.74, 6) is 0.978. The van der Waals surface area contributed by atoms with E-state index in [0.717, 1.165) is 35.0 Å². The largest absolute Gasteiger partial charge is 0.497 e. The van der Waals surface area contributed by atoms with Crippen LogP contribution in [0, 0.1) is 0 Å². The SMILES string of the molecule is CCCc1ccc(-c2cc(C(=O)N/N=C\c3cc(OC)ccc3OC)c3ccccc3n2)cc1. The fourth-order valence-corrected chi connectivity index (χ4v) is 3.80. The number of ether oxygens (including phenoxy) is 2. The Kier molecular flexibility index (Phi) is 7.18. The lowest BCUT2D eigenvalue weighted by Gasteiger charge is -2.10. The van der Waals surface area contributed by atoms with Gasteiger partial charge in [0.05, 0.1) is 37.2 Å². The number of aromatic nitrogens is 1. The summed E-state index contributed by atoms with van der Waals surface area (Å²) in [6.45, 7) is 2.16. The number of fused-ring (bicyclic) bond motifs is 1. The highest BCUT2D eigenvalue weighted by Gasteiger charge is 2.14. The van der Waals surface area contributed by atoms with Crippen LogP contribution in [0.4, 0.5) is 0 Å². The molecule has 0 fully saturated rings. The van der Waals surface area contributed by atoms with Crippen molar-refractivity contribution in [3.05, 3.63) is 89.5 Å². The smallest absolute Gasteiger partial charge is 0.272 e. The Bertz CT molecular complexity index is 1330. The van der Waals surface area contributed by atoms with E-state index >= 15 is 0 Å². The van der Waals surface area contributed by atoms with Crippen molar-refractivity contribution in [2.45, 2.75) is 19.8 Å². The number of hydrazone groups is 1. The minimum Gasteiger partial charge on any atom is -0.497 e. The summed E-state index contributed by atoms with van der Waals surface area (Å²) in [5.41, 5.74) is 7.58. The number of rotatable bonds is 8. The van der Waals surface area contributed by atoms with Gasteiger partial charge in [-0.05, 0) is 42.3 Å². The number of nitrogens with zero attached hydrogens (tertiary/aromatic N) is 2. The van der Waals surface area contributed by atoms with Crippen molar-refractivity contribution in [1.29, 1.82) is 0 Å². The molecule has 0 saturated carbocycles. The predicted octanol–water partition coefficient (Wildman–Crippen LogP) is 5.64. The number of carbonyl (C=O) groups is 1. The second-order valence-electron chi connectivity index (χ2n) is 7.83. The van der Waals surface area contributed by atoms with E-state index in [9.17, 15) is 4.79 Å². The summed E-state index contributed by atoms with van der Waals surface area (Å²) in [4.78, 5) is 17.9. The predicted molar refractivity (Wildman–Crippen MR) is 136 cm³/mol. The van der Waals surface area contributed by atoms with Gasteiger partial charge in [0.25, 0.3) is 5.91 Å². The molecule has 0 aliphatic carbocycles. The van der Waals surface area contributed by atoms with Crippen LogP contribution in [0.3, 0.4) is 0 Å². The number of para-hydroxylation sites is 1. The Balaban J connectivity index is 1.64. The number of aryl methyl sites for hydroxylation is 1. The standard InChI is InChI=1S/C28H27N3O3/c1-4-7-19-10-12-20(13-11-19)26-17-24(23-8-5-6-9-25(23)30-26)28(32)31-29-18-21-16-22(33-2)14-15-27(21)34-3/h5-6,8-18H,4,7H2,1-3H3,(H,31,32)/b29-18-. The highest BCUT2D eigenvalue weighted by molar-refractivity contribution is 6.07. The van der Waals surface area contributed by atoms with Crippen molar-refractivity contribution in [2.75, 3.05) is 14.2 Å². The van der Waals surface area contributed by atoms with Gasteiger partial charge in [-0.1, -0.05) is 55.8 Å². The van der Waals surface area contributed by atoms with Crippen LogP contribution in [0.15, 0.2) is 77.9 Å². The molecular weight excluding hydrogens is 426 g/mol. The number of hydrogen-bond acceptors (Lipinski definition) is 5. The Hall–Kier alpha value is -4.19. The van der Waals surface area contributed by atoms with E-state index < -0.39 is 0 Å². The van der Waals surface area contributed by atoms with E-state index in [0.29, 0.717) is 22.6 Å². The lowest BCUT2D eigenvalue weighted by Crippen LogP contribution is -2.18. The molecule has 0 bridgehead atoms. The molecule has 34 heavy (non-hydrogen) atoms. The van der Waals surface area contributed by atoms with E-state index in [-0.39, 0.29) is 5.91 Å². The first-order valence-electron chi connectivity index (χ1n) is 11.2. The highest BCUT2D eigenvalue weighted by atomic mass is 16.5. The van der Waals surface area contributed by atoms with Crippen LogP contribution < -0.4 is 14.9 Å². The quantitative estimate of drug-likeness (QED) is 0.277. The van der Waals surface area contributed by atoms with Gasteiger partial charge in [-0.15, -0.1) is 0 Å². The monoisotopic (exact) mass is 453 g/mol. The number of nitrogens with one attached hydrogen (secondary N) is 1. The van der Waals surface area contributed by atoms with Crippen LogP contribution in [0.1, 0.15) is 34.8 Å². The second kappa shape index (κ2) is 10.6. The van der Waals surface area contributed by atoms with Crippen molar-refractivity contribution >= 4 is 23.0 Å². The van der Waals surface area contributed by atoms with Crippen LogP contribution in [-0.2, 0) is 6.42 Å². The zero-order valence-electron chi connectivity index (χ0n) is 19.5. The summed E-state index contributed by atoms with van der Waals surface area (Å²) in [7, 11) is 3.17. The Morgan fingerprint density at radius 1 is 1.00 bits per heavy atom. The van der Waals surface area contributed by atoms with Crippen LogP contribution in [0.5, 0.6) is 11.5 Å². The van der Waals surface area contributed by atoms with Crippen LogP contribution >= 0.6 is 0 Å². The Morgan fingerprint density at radius 3 is 2.53 bits per heavy atom. The molecule has 0 aliphatic rings. The zero-order chi connectivity index (χ0) is 23.9. The van der Waals surface area contributed by atoms with E-state index in [4.69, 9.17) is 14.5 Å². The van der Waals surface area contributed by atoms with Gasteiger partial charge in [0, 0.05) is 16.5 Å². The molecule has 6 heteroatoms. The van der Waals surface area contributed by atoms with Crippen LogP contribution in [0.2, 0.25) is 0 Å². The van der Waals surface area contributed by atoms with Crippen LogP contribution in [-0.4, -0.2) is 31.3 Å². The molecule has 0 saturated heterocycles. The van der Waals surface area contributed by atoms with Crippen molar-refractivity contribution in [3.8, 4) is 22.8 Å². The number of carbonyl (C=O) groups excluding carboxylic acids is 1. The van der Waals surface area contributed by atoms with E-state index in [2.05, 4.69) is 41.7 Å². The van der Waals surface area contributed by atoms with Crippen LogP contribution in [0.25, 0.3) is 22.2 Å². The third-order valence-electron chi connectivity index (χ3n) is 5.56. The second-order valence-corrected chi connectivity index (χ2v) is 7.83. The first-order chi connectivity index (χ1) is 16.6. The maximum absolute atomic E-state index is 13.1. The van der Waals surface area contributed by atoms with Crippen molar-refractivity contribution in [2.24, 2.45) is 5.10 Å². The average molecular weight is 454 g/mol. The van der Waals surface area contributed by atoms with Crippen molar-refractivity contribution in [1.82, 2.24) is 10.4 Å². The van der Waals surface area contributed by atoms with E-state index in [1.54, 1.807) is 32.4 Å². The molecule has 0 unspecified atom stereocenters. The van der Waals surface area contributed by atoms with Gasteiger partial charge < -0.3 is 9.47 Å². The Labute approximate surface area is 199 Å². The molecule has 1 aromatic heterocycles. The molecule has 6 nitrogen and oxygen atoms in total. The molecule has 0 spiro atoms. The molecule has 4 aromatic rings. The number of hydrogen-bond donors (Lipinski definition) is 1. The fraction of sp³-hybridized carbons (Fsp3) is 0.179. The molecule has 0 radical (unpaired) electrons. The van der Waals surface area contributed by atoms with Crippen molar-refractivity contribution in [3.63, 3.8) is 0 Å². The zero-order valence-corrected chi connectivity index (χ0v) is 19.5. The van der Waals surface area contributed by atoms with Gasteiger partial charge in [-0.2, -0.15) is 5.10 Å². The fourth-order valence-electron chi connectivity index (χ4n) is 3.80. The van der Waals surface area contributed by atoms with Gasteiger partial charge in [0.2, 0.25) is 0 Å². The van der Waals surface area contributed by atoms with Gasteiger partial charge in [-0.25, -0.2) is 10.4 Å². The third-order valence-corrected chi connectivity index (χ3v) is 5.56. The summed E-state index contributed by atoms with van der Waals surface area (Å²) in [5, 5.41) is 4.93. The van der Waals surface area contributed by atoms with E-state index in [1.807, 2.05) is 30.3 Å². The normalized spacial score (nSPS) is 11.0. The molecule has 0 aliphatic heterocycles. The molecule has 1 N–H and O–H groups in total. The first kappa shape index (κ1) is 23.0. The van der Waals surface area contributed by atoms with Gasteiger partial charge in [-0.3, -0.25) is 4.79 Å². The summed E-state index contributed by atoms with van der Waals surface area (Å²) >= 11 is 0. The molecular formula is C28H27N3O3. The minimum absolute atomic E-state index is 0.319. The summed E-state index contributed by atoms with van der Waals surface area (Å²) < 4.78 is 10.6. The summed E-state index contributed by atoms with van der Waals surface area (Å²) in [6.07, 6.45) is 3.67. The van der Waals surface area contributed by atoms with Gasteiger partial charge in [0.1, 0.15) is 11.5 Å². The van der Waals surface area contributed by atoms with Gasteiger partial charge in [0.15, 0.2) is 0 Å². The maximum Gasteiger partial charge on any atom is 0.272 e. The van der Waals surface area contributed by atoms with Gasteiger partial charge >= 0.3 is 0 Å². The number of benzene rings is 3. The topological polar surface area (TPSA) is 72.8 Å². The molecule has 0 atom stereocenters. The molecule has 1 heterocycles. The molecule has 3 aromatic carbocycles. The highest BCUT2D eigenvalue weighted by Crippen LogP contribution is 2.26. The van der Waals surface area contributed by atoms with E-state index in [1.165, 1.54) is 11.8 Å². The number of amides is 1. The molecule has 4 rings (SSSR count). The Morgan fingerprint density at radius 2 is 1.79 bits per heavy atom. The third kappa shape index (κ3) is 5.07. The first-order valence-corrected chi connectivity index (χ1v) is 11.2. The lowest BCUT2D eigenvalue weighted by molar-refractivity contribution is 0.0956. The maximum atomic E-state index is 13.1. The average Bonchev–Trinajstić information content (AvgIpc) is 2.88.